The topological polar surface area (TPSA) is 147 Å². The molecule has 3 rings (SSSR count). The Morgan fingerprint density at radius 3 is 2.41 bits per heavy atom. The van der Waals surface area contributed by atoms with E-state index in [1.54, 1.807) is 45.9 Å². The Bertz CT molecular complexity index is 1260. The van der Waals surface area contributed by atoms with Crippen molar-refractivity contribution in [2.75, 3.05) is 19.5 Å². The first-order valence-electron chi connectivity index (χ1n) is 10.6. The summed E-state index contributed by atoms with van der Waals surface area (Å²) in [4.78, 5) is 26.3. The smallest absolute Gasteiger partial charge is 0.337 e. The number of benzene rings is 1. The van der Waals surface area contributed by atoms with Crippen LogP contribution in [0.1, 0.15) is 45.6 Å². The molecule has 11 nitrogen and oxygen atoms in total. The standard InChI is InChI=1S/C22H27N3O8S/c1-12(2)32-22(27)18-14(4)23-13(3)17(21(26)30-10-7-11-31-34(5,28)29)19(18)15-8-6-9-16-20(15)25-33-24-16/h6,8-9,12,19,23H,7,10-11H2,1-5H3. The van der Waals surface area contributed by atoms with Gasteiger partial charge in [0.2, 0.25) is 0 Å². The van der Waals surface area contributed by atoms with Crippen molar-refractivity contribution >= 4 is 33.1 Å². The van der Waals surface area contributed by atoms with Crippen molar-refractivity contribution in [3.8, 4) is 0 Å². The summed E-state index contributed by atoms with van der Waals surface area (Å²) in [5.41, 5.74) is 2.85. The maximum absolute atomic E-state index is 13.2. The summed E-state index contributed by atoms with van der Waals surface area (Å²) in [6.07, 6.45) is 0.732. The number of ether oxygens (including phenoxy) is 2. The van der Waals surface area contributed by atoms with Gasteiger partial charge in [0.1, 0.15) is 11.0 Å². The number of fused-ring (bicyclic) bond motifs is 1. The Balaban J connectivity index is 1.98. The molecule has 2 heterocycles. The lowest BCUT2D eigenvalue weighted by Gasteiger charge is -2.30. The minimum absolute atomic E-state index is 0.0813. The molecule has 1 N–H and O–H groups in total. The van der Waals surface area contributed by atoms with E-state index in [-0.39, 0.29) is 36.9 Å². The first kappa shape index (κ1) is 25.4. The number of nitrogens with one attached hydrogen (secondary N) is 1. The Hall–Kier alpha value is -3.25. The van der Waals surface area contributed by atoms with E-state index in [1.165, 1.54) is 0 Å². The molecule has 0 aliphatic carbocycles. The summed E-state index contributed by atoms with van der Waals surface area (Å²) < 4.78 is 42.6. The van der Waals surface area contributed by atoms with Gasteiger partial charge in [-0.25, -0.2) is 14.2 Å². The van der Waals surface area contributed by atoms with E-state index < -0.39 is 28.0 Å². The highest BCUT2D eigenvalue weighted by Gasteiger charge is 2.39. The minimum atomic E-state index is -3.59. The van der Waals surface area contributed by atoms with Crippen LogP contribution < -0.4 is 5.32 Å². The van der Waals surface area contributed by atoms with Crippen molar-refractivity contribution in [2.45, 2.75) is 46.1 Å². The number of esters is 2. The zero-order valence-corrected chi connectivity index (χ0v) is 20.4. The number of rotatable bonds is 9. The van der Waals surface area contributed by atoms with E-state index in [4.69, 9.17) is 14.1 Å². The third-order valence-corrected chi connectivity index (χ3v) is 5.59. The van der Waals surface area contributed by atoms with Crippen molar-refractivity contribution in [3.63, 3.8) is 0 Å². The maximum atomic E-state index is 13.2. The molecular formula is C22H27N3O8S. The van der Waals surface area contributed by atoms with Crippen LogP contribution in [-0.2, 0) is 33.4 Å². The van der Waals surface area contributed by atoms with Gasteiger partial charge in [-0.3, -0.25) is 4.18 Å². The summed E-state index contributed by atoms with van der Waals surface area (Å²) in [7, 11) is -3.59. The van der Waals surface area contributed by atoms with Gasteiger partial charge in [-0.05, 0) is 49.6 Å². The number of hydrogen-bond donors (Lipinski definition) is 1. The average Bonchev–Trinajstić information content (AvgIpc) is 3.20. The maximum Gasteiger partial charge on any atom is 0.337 e. The van der Waals surface area contributed by atoms with Crippen molar-refractivity contribution < 1.29 is 36.3 Å². The average molecular weight is 494 g/mol. The van der Waals surface area contributed by atoms with E-state index >= 15 is 0 Å². The fraction of sp³-hybridized carbons (Fsp3) is 0.455. The molecule has 12 heteroatoms. The SMILES string of the molecule is CC1=C(C(=O)OCCCOS(C)(=O)=O)C(c2cccc3nonc23)C(C(=O)OC(C)C)=C(C)N1. The van der Waals surface area contributed by atoms with Gasteiger partial charge in [-0.2, -0.15) is 8.42 Å². The van der Waals surface area contributed by atoms with Gasteiger partial charge < -0.3 is 14.8 Å². The summed E-state index contributed by atoms with van der Waals surface area (Å²) in [6, 6.07) is 5.17. The van der Waals surface area contributed by atoms with Crippen molar-refractivity contribution in [1.29, 1.82) is 0 Å². The molecule has 1 unspecified atom stereocenters. The Kier molecular flexibility index (Phi) is 7.72. The quantitative estimate of drug-likeness (QED) is 0.312. The van der Waals surface area contributed by atoms with Crippen LogP contribution in [-0.4, -0.2) is 56.2 Å². The largest absolute Gasteiger partial charge is 0.462 e. The molecule has 0 fully saturated rings. The molecule has 0 bridgehead atoms. The van der Waals surface area contributed by atoms with Crippen LogP contribution in [0, 0.1) is 0 Å². The van der Waals surface area contributed by atoms with Crippen LogP contribution in [0.15, 0.2) is 45.4 Å². The van der Waals surface area contributed by atoms with Crippen LogP contribution in [0.25, 0.3) is 11.0 Å². The number of carbonyl (C=O) groups excluding carboxylic acids is 2. The molecule has 184 valence electrons. The van der Waals surface area contributed by atoms with Crippen molar-refractivity contribution in [2.24, 2.45) is 0 Å². The lowest BCUT2D eigenvalue weighted by Crippen LogP contribution is -2.33. The molecule has 1 atom stereocenters. The van der Waals surface area contributed by atoms with E-state index in [0.29, 0.717) is 28.0 Å². The van der Waals surface area contributed by atoms with Crippen LogP contribution in [0.3, 0.4) is 0 Å². The van der Waals surface area contributed by atoms with Gasteiger partial charge >= 0.3 is 11.9 Å². The summed E-state index contributed by atoms with van der Waals surface area (Å²) in [5.74, 6) is -2.12. The molecule has 1 aromatic carbocycles. The molecule has 0 radical (unpaired) electrons. The summed E-state index contributed by atoms with van der Waals surface area (Å²) in [5, 5.41) is 10.9. The van der Waals surface area contributed by atoms with Crippen molar-refractivity contribution in [1.82, 2.24) is 15.6 Å². The number of nitrogens with zero attached hydrogens (tertiary/aromatic N) is 2. The van der Waals surface area contributed by atoms with Crippen LogP contribution in [0.4, 0.5) is 0 Å². The third-order valence-electron chi connectivity index (χ3n) is 4.99. The molecule has 1 aliphatic rings. The number of carbonyl (C=O) groups is 2. The van der Waals surface area contributed by atoms with Gasteiger partial charge in [0.15, 0.2) is 0 Å². The lowest BCUT2D eigenvalue weighted by atomic mass is 9.80. The number of aromatic nitrogens is 2. The zero-order chi connectivity index (χ0) is 25.0. The van der Waals surface area contributed by atoms with E-state index in [9.17, 15) is 18.0 Å². The second-order valence-electron chi connectivity index (χ2n) is 8.08. The summed E-state index contributed by atoms with van der Waals surface area (Å²) in [6.45, 7) is 6.68. The molecule has 0 spiro atoms. The molecule has 0 amide bonds. The lowest BCUT2D eigenvalue weighted by molar-refractivity contribution is -0.143. The van der Waals surface area contributed by atoms with E-state index in [0.717, 1.165) is 6.26 Å². The Morgan fingerprint density at radius 1 is 1.09 bits per heavy atom. The highest BCUT2D eigenvalue weighted by Crippen LogP contribution is 2.41. The minimum Gasteiger partial charge on any atom is -0.462 e. The second kappa shape index (κ2) is 10.3. The molecule has 34 heavy (non-hydrogen) atoms. The first-order valence-corrected chi connectivity index (χ1v) is 12.4. The third kappa shape index (κ3) is 5.81. The predicted molar refractivity (Wildman–Crippen MR) is 121 cm³/mol. The predicted octanol–water partition coefficient (Wildman–Crippen LogP) is 2.32. The number of dihydropyridines is 1. The Labute approximate surface area is 197 Å². The number of hydrogen-bond acceptors (Lipinski definition) is 11. The van der Waals surface area contributed by atoms with E-state index in [1.807, 2.05) is 0 Å². The van der Waals surface area contributed by atoms with Crippen LogP contribution in [0.5, 0.6) is 0 Å². The fourth-order valence-electron chi connectivity index (χ4n) is 3.70. The molecular weight excluding hydrogens is 466 g/mol. The molecule has 1 aromatic heterocycles. The molecule has 2 aromatic rings. The van der Waals surface area contributed by atoms with E-state index in [2.05, 4.69) is 19.8 Å². The van der Waals surface area contributed by atoms with Gasteiger partial charge in [-0.1, -0.05) is 12.1 Å². The fourth-order valence-corrected chi connectivity index (χ4v) is 4.12. The molecule has 0 saturated heterocycles. The first-order chi connectivity index (χ1) is 16.0. The second-order valence-corrected chi connectivity index (χ2v) is 9.73. The van der Waals surface area contributed by atoms with Crippen LogP contribution >= 0.6 is 0 Å². The highest BCUT2D eigenvalue weighted by atomic mass is 32.2. The van der Waals surface area contributed by atoms with Crippen molar-refractivity contribution in [3.05, 3.63) is 46.3 Å². The molecule has 1 aliphatic heterocycles. The van der Waals surface area contributed by atoms with Gasteiger partial charge in [-0.15, -0.1) is 0 Å². The number of allylic oxidation sites excluding steroid dienone is 2. The molecule has 0 saturated carbocycles. The summed E-state index contributed by atoms with van der Waals surface area (Å²) >= 11 is 0. The van der Waals surface area contributed by atoms with Gasteiger partial charge in [0.05, 0.1) is 42.6 Å². The highest BCUT2D eigenvalue weighted by molar-refractivity contribution is 7.85. The van der Waals surface area contributed by atoms with Gasteiger partial charge in [0, 0.05) is 17.8 Å². The van der Waals surface area contributed by atoms with Crippen LogP contribution in [0.2, 0.25) is 0 Å². The monoisotopic (exact) mass is 493 g/mol. The Morgan fingerprint density at radius 2 is 1.76 bits per heavy atom. The zero-order valence-electron chi connectivity index (χ0n) is 19.6. The van der Waals surface area contributed by atoms with Gasteiger partial charge in [0.25, 0.3) is 10.1 Å². The normalized spacial score (nSPS) is 16.7.